The summed E-state index contributed by atoms with van der Waals surface area (Å²) in [6.07, 6.45) is -0.515. The van der Waals surface area contributed by atoms with Crippen LogP contribution in [0.25, 0.3) is 0 Å². The largest absolute Gasteiger partial charge is 0.365 e. The lowest BCUT2D eigenvalue weighted by atomic mass is 10.1. The van der Waals surface area contributed by atoms with Crippen molar-refractivity contribution in [3.8, 4) is 0 Å². The molecule has 0 N–H and O–H groups in total. The number of hydrogen-bond acceptors (Lipinski definition) is 5. The Hall–Kier alpha value is -2.01. The molecule has 0 saturated carbocycles. The average Bonchev–Trinajstić information content (AvgIpc) is 3.20. The molecule has 2 rings (SSSR count). The molecule has 1 aromatic rings. The van der Waals surface area contributed by atoms with Gasteiger partial charge in [-0.2, -0.15) is 0 Å². The Morgan fingerprint density at radius 1 is 1.35 bits per heavy atom. The highest BCUT2D eigenvalue weighted by Crippen LogP contribution is 2.10. The Morgan fingerprint density at radius 2 is 2.00 bits per heavy atom. The topological polar surface area (TPSA) is 68.3 Å². The summed E-state index contributed by atoms with van der Waals surface area (Å²) in [5, 5.41) is 3.50. The number of nitrogens with zero attached hydrogens (tertiary/aromatic N) is 1. The molecule has 1 aliphatic rings. The molecule has 0 aliphatic carbocycles. The number of ketones is 1. The van der Waals surface area contributed by atoms with Crippen LogP contribution in [0.4, 0.5) is 0 Å². The maximum Gasteiger partial charge on any atom is 0.365 e. The molecule has 5 nitrogen and oxygen atoms in total. The van der Waals surface area contributed by atoms with E-state index in [1.165, 1.54) is 6.92 Å². The summed E-state index contributed by atoms with van der Waals surface area (Å²) in [5.74, 6) is -0.833. The average molecular weight is 233 g/mol. The predicted octanol–water partition coefficient (Wildman–Crippen LogP) is 1.19. The van der Waals surface area contributed by atoms with Crippen LogP contribution in [0, 0.1) is 0 Å². The van der Waals surface area contributed by atoms with Crippen molar-refractivity contribution < 1.29 is 19.2 Å². The first kappa shape index (κ1) is 11.5. The van der Waals surface area contributed by atoms with Gasteiger partial charge in [0.05, 0.1) is 6.61 Å². The zero-order valence-electron chi connectivity index (χ0n) is 9.25. The zero-order chi connectivity index (χ0) is 12.3. The fourth-order valence-electron chi connectivity index (χ4n) is 1.20. The maximum absolute atomic E-state index is 11.8. The van der Waals surface area contributed by atoms with Gasteiger partial charge in [0.2, 0.25) is 5.78 Å². The molecule has 1 unspecified atom stereocenters. The lowest BCUT2D eigenvalue weighted by Gasteiger charge is -1.99. The van der Waals surface area contributed by atoms with E-state index in [0.717, 1.165) is 0 Å². The van der Waals surface area contributed by atoms with Crippen LogP contribution in [0.1, 0.15) is 17.3 Å². The Morgan fingerprint density at radius 3 is 2.59 bits per heavy atom. The first-order valence-corrected chi connectivity index (χ1v) is 5.15. The minimum atomic E-state index is -0.565. The van der Waals surface area contributed by atoms with Crippen molar-refractivity contribution >= 4 is 17.5 Å². The highest BCUT2D eigenvalue weighted by Gasteiger charge is 2.33. The van der Waals surface area contributed by atoms with E-state index in [2.05, 4.69) is 9.99 Å². The van der Waals surface area contributed by atoms with Crippen LogP contribution < -0.4 is 0 Å². The van der Waals surface area contributed by atoms with Gasteiger partial charge in [-0.3, -0.25) is 4.79 Å². The number of oxime groups is 1. The number of benzene rings is 1. The standard InChI is InChI=1S/C12H11NO4/c1-8(13-17-12(15)10-7-16-10)11(14)9-5-3-2-4-6-9/h2-6,10H,7H2,1H3. The van der Waals surface area contributed by atoms with Gasteiger partial charge in [-0.15, -0.1) is 0 Å². The van der Waals surface area contributed by atoms with Crippen molar-refractivity contribution in [3.05, 3.63) is 35.9 Å². The Bertz CT molecular complexity index is 463. The fourth-order valence-corrected chi connectivity index (χ4v) is 1.20. The molecule has 0 bridgehead atoms. The summed E-state index contributed by atoms with van der Waals surface area (Å²) in [6, 6.07) is 8.67. The second-order valence-corrected chi connectivity index (χ2v) is 3.60. The molecule has 1 atom stereocenters. The molecule has 88 valence electrons. The van der Waals surface area contributed by atoms with Crippen LogP contribution in [0.15, 0.2) is 35.5 Å². The monoisotopic (exact) mass is 233 g/mol. The van der Waals surface area contributed by atoms with Gasteiger partial charge in [0.15, 0.2) is 6.10 Å². The Labute approximate surface area is 98.0 Å². The fraction of sp³-hybridized carbons (Fsp3) is 0.250. The van der Waals surface area contributed by atoms with Gasteiger partial charge in [0.25, 0.3) is 0 Å². The molecule has 0 amide bonds. The van der Waals surface area contributed by atoms with E-state index in [4.69, 9.17) is 4.74 Å². The van der Waals surface area contributed by atoms with Crippen LogP contribution in [0.5, 0.6) is 0 Å². The van der Waals surface area contributed by atoms with E-state index >= 15 is 0 Å². The Balaban J connectivity index is 1.99. The van der Waals surface area contributed by atoms with E-state index in [1.54, 1.807) is 24.3 Å². The van der Waals surface area contributed by atoms with Crippen LogP contribution >= 0.6 is 0 Å². The summed E-state index contributed by atoms with van der Waals surface area (Å²) < 4.78 is 4.72. The highest BCUT2D eigenvalue weighted by molar-refractivity contribution is 6.45. The van der Waals surface area contributed by atoms with Crippen molar-refractivity contribution in [2.24, 2.45) is 5.16 Å². The van der Waals surface area contributed by atoms with Crippen molar-refractivity contribution in [2.75, 3.05) is 6.61 Å². The van der Waals surface area contributed by atoms with Crippen molar-refractivity contribution in [3.63, 3.8) is 0 Å². The third-order valence-electron chi connectivity index (χ3n) is 2.23. The summed E-state index contributed by atoms with van der Waals surface area (Å²) >= 11 is 0. The SMILES string of the molecule is CC(=NOC(=O)C1CO1)C(=O)c1ccccc1. The molecule has 1 fully saturated rings. The van der Waals surface area contributed by atoms with Gasteiger partial charge in [-0.25, -0.2) is 4.79 Å². The van der Waals surface area contributed by atoms with E-state index in [9.17, 15) is 9.59 Å². The third-order valence-corrected chi connectivity index (χ3v) is 2.23. The molecule has 0 spiro atoms. The number of carbonyl (C=O) groups excluding carboxylic acids is 2. The van der Waals surface area contributed by atoms with E-state index in [-0.39, 0.29) is 11.5 Å². The first-order valence-electron chi connectivity index (χ1n) is 5.15. The van der Waals surface area contributed by atoms with Crippen LogP contribution in [0.2, 0.25) is 0 Å². The molecule has 0 aromatic heterocycles. The number of epoxide rings is 1. The number of ether oxygens (including phenoxy) is 1. The molecule has 1 heterocycles. The Kier molecular flexibility index (Phi) is 3.30. The molecule has 1 aliphatic heterocycles. The lowest BCUT2D eigenvalue weighted by Crippen LogP contribution is -2.14. The second-order valence-electron chi connectivity index (χ2n) is 3.60. The quantitative estimate of drug-likeness (QED) is 0.257. The number of rotatable bonds is 4. The van der Waals surface area contributed by atoms with Crippen LogP contribution in [-0.2, 0) is 14.4 Å². The van der Waals surface area contributed by atoms with E-state index in [0.29, 0.717) is 12.2 Å². The highest BCUT2D eigenvalue weighted by atomic mass is 16.7. The molecular formula is C12H11NO4. The van der Waals surface area contributed by atoms with E-state index < -0.39 is 12.1 Å². The van der Waals surface area contributed by atoms with Crippen LogP contribution in [-0.4, -0.2) is 30.2 Å². The van der Waals surface area contributed by atoms with Crippen molar-refractivity contribution in [1.29, 1.82) is 0 Å². The minimum absolute atomic E-state index is 0.130. The molecular weight excluding hydrogens is 222 g/mol. The molecule has 1 saturated heterocycles. The van der Waals surface area contributed by atoms with Gasteiger partial charge in [-0.1, -0.05) is 35.5 Å². The maximum atomic E-state index is 11.8. The second kappa shape index (κ2) is 4.88. The van der Waals surface area contributed by atoms with E-state index in [1.807, 2.05) is 6.07 Å². The van der Waals surface area contributed by atoms with Gasteiger partial charge in [0, 0.05) is 5.56 Å². The number of Topliss-reactive ketones (excluding diaryl/α,β-unsaturated/α-hetero) is 1. The molecule has 0 radical (unpaired) electrons. The van der Waals surface area contributed by atoms with Gasteiger partial charge in [0.1, 0.15) is 5.71 Å². The van der Waals surface area contributed by atoms with Crippen molar-refractivity contribution in [1.82, 2.24) is 0 Å². The lowest BCUT2D eigenvalue weighted by molar-refractivity contribution is -0.145. The number of hydrogen-bond donors (Lipinski definition) is 0. The molecule has 5 heteroatoms. The van der Waals surface area contributed by atoms with Crippen molar-refractivity contribution in [2.45, 2.75) is 13.0 Å². The third kappa shape index (κ3) is 2.98. The molecule has 17 heavy (non-hydrogen) atoms. The van der Waals surface area contributed by atoms with Gasteiger partial charge in [-0.05, 0) is 6.92 Å². The summed E-state index contributed by atoms with van der Waals surface area (Å²) in [6.45, 7) is 1.86. The smallest absolute Gasteiger partial charge is 0.361 e. The summed E-state index contributed by atoms with van der Waals surface area (Å²) in [7, 11) is 0. The molecule has 1 aromatic carbocycles. The zero-order valence-corrected chi connectivity index (χ0v) is 9.25. The summed E-state index contributed by atoms with van der Waals surface area (Å²) in [4.78, 5) is 27.5. The van der Waals surface area contributed by atoms with Crippen LogP contribution in [0.3, 0.4) is 0 Å². The number of carbonyl (C=O) groups is 2. The minimum Gasteiger partial charge on any atom is -0.361 e. The summed E-state index contributed by atoms with van der Waals surface area (Å²) in [5.41, 5.74) is 0.637. The van der Waals surface area contributed by atoms with Gasteiger partial charge >= 0.3 is 5.97 Å². The van der Waals surface area contributed by atoms with Gasteiger partial charge < -0.3 is 9.57 Å². The predicted molar refractivity (Wildman–Crippen MR) is 59.7 cm³/mol. The first-order chi connectivity index (χ1) is 8.18. The normalized spacial score (nSPS) is 18.6.